The second-order valence-corrected chi connectivity index (χ2v) is 9.65. The number of allylic oxidation sites excluding steroid dienone is 2. The Bertz CT molecular complexity index is 1120. The van der Waals surface area contributed by atoms with Crippen LogP contribution >= 0.6 is 0 Å². The first-order valence-corrected chi connectivity index (χ1v) is 12.9. The number of rotatable bonds is 10. The number of amides is 2. The minimum Gasteiger partial charge on any atom is -0.493 e. The molecule has 0 spiro atoms. The average Bonchev–Trinajstić information content (AvgIpc) is 2.90. The van der Waals surface area contributed by atoms with E-state index in [1.54, 1.807) is 11.0 Å². The lowest BCUT2D eigenvalue weighted by Crippen LogP contribution is -2.49. The van der Waals surface area contributed by atoms with Gasteiger partial charge >= 0.3 is 6.03 Å². The third-order valence-corrected chi connectivity index (χ3v) is 6.64. The number of halogens is 2. The van der Waals surface area contributed by atoms with Gasteiger partial charge in [0.05, 0.1) is 39.7 Å². The minimum absolute atomic E-state index is 0.0603. The Morgan fingerprint density at radius 1 is 1.11 bits per heavy atom. The lowest BCUT2D eigenvalue weighted by Gasteiger charge is -2.39. The fraction of sp³-hybridized carbons (Fsp3) is 0.483. The Morgan fingerprint density at radius 3 is 2.21 bits per heavy atom. The fourth-order valence-electron chi connectivity index (χ4n) is 4.78. The lowest BCUT2D eigenvalue weighted by atomic mass is 9.96. The maximum atomic E-state index is 15.4. The van der Waals surface area contributed by atoms with E-state index in [9.17, 15) is 4.79 Å². The second-order valence-electron chi connectivity index (χ2n) is 9.65. The average molecular weight is 532 g/mol. The van der Waals surface area contributed by atoms with Crippen LogP contribution in [0.2, 0.25) is 0 Å². The number of ether oxygens (including phenoxy) is 3. The Balaban J connectivity index is 2.13. The smallest absolute Gasteiger partial charge is 0.329 e. The summed E-state index contributed by atoms with van der Waals surface area (Å²) in [7, 11) is 2.56. The Hall–Kier alpha value is -3.17. The van der Waals surface area contributed by atoms with Crippen molar-refractivity contribution >= 4 is 11.7 Å². The molecule has 0 aromatic heterocycles. The number of hydrogen-bond acceptors (Lipinski definition) is 5. The van der Waals surface area contributed by atoms with Crippen LogP contribution in [0.4, 0.5) is 19.3 Å². The van der Waals surface area contributed by atoms with Crippen molar-refractivity contribution in [2.75, 3.05) is 65.1 Å². The molecule has 7 nitrogen and oxygen atoms in total. The Labute approximate surface area is 224 Å². The first-order valence-electron chi connectivity index (χ1n) is 12.9. The van der Waals surface area contributed by atoms with Crippen molar-refractivity contribution in [1.82, 2.24) is 9.80 Å². The van der Waals surface area contributed by atoms with E-state index in [2.05, 4.69) is 24.5 Å². The van der Waals surface area contributed by atoms with Gasteiger partial charge in [-0.15, -0.1) is 0 Å². The van der Waals surface area contributed by atoms with Gasteiger partial charge in [0.1, 0.15) is 5.69 Å². The van der Waals surface area contributed by atoms with E-state index in [4.69, 9.17) is 14.2 Å². The van der Waals surface area contributed by atoms with Crippen LogP contribution in [0, 0.1) is 11.6 Å². The van der Waals surface area contributed by atoms with E-state index in [0.29, 0.717) is 37.4 Å². The molecule has 9 heteroatoms. The molecule has 0 atom stereocenters. The third-order valence-electron chi connectivity index (χ3n) is 6.64. The molecule has 0 saturated carbocycles. The van der Waals surface area contributed by atoms with Gasteiger partial charge in [0.25, 0.3) is 0 Å². The van der Waals surface area contributed by atoms with Crippen molar-refractivity contribution < 1.29 is 27.8 Å². The maximum absolute atomic E-state index is 15.4. The summed E-state index contributed by atoms with van der Waals surface area (Å²) in [4.78, 5) is 18.9. The highest BCUT2D eigenvalue weighted by Gasteiger charge is 2.37. The summed E-state index contributed by atoms with van der Waals surface area (Å²) < 4.78 is 46.5. The number of benzene rings is 1. The number of nitrogens with zero attached hydrogens (tertiary/aromatic N) is 3. The zero-order chi connectivity index (χ0) is 28.0. The highest BCUT2D eigenvalue weighted by molar-refractivity contribution is 5.97. The standard InChI is InChI=1S/C29H39F2N3O4/c1-8-10-33-27(22(19(3)4)15-20(5)17-32-11-13-38-14-12-32)21(9-2)18-34(29(33)35)28-25(30)23(36-6)16-24(37-7)26(28)31/h9,15-16H,2,8,10-14,17-18H2,1,3-7H3. The summed E-state index contributed by atoms with van der Waals surface area (Å²) in [5.41, 5.74) is 3.94. The SMILES string of the molecule is C=CC1=C(C(C=C(C)CN2CCOCC2)=C(C)C)N(CCC)C(=O)N(c2c(F)c(OC)cc(OC)c2F)C1. The Morgan fingerprint density at radius 2 is 1.71 bits per heavy atom. The van der Waals surface area contributed by atoms with Crippen LogP contribution in [0.1, 0.15) is 34.1 Å². The first-order chi connectivity index (χ1) is 18.2. The molecular weight excluding hydrogens is 492 g/mol. The summed E-state index contributed by atoms with van der Waals surface area (Å²) >= 11 is 0. The van der Waals surface area contributed by atoms with E-state index < -0.39 is 23.4 Å². The molecule has 3 rings (SSSR count). The van der Waals surface area contributed by atoms with Crippen molar-refractivity contribution in [3.63, 3.8) is 0 Å². The molecule has 1 fully saturated rings. The molecule has 2 amide bonds. The van der Waals surface area contributed by atoms with Crippen molar-refractivity contribution in [3.05, 3.63) is 64.4 Å². The number of methoxy groups -OCH3 is 2. The summed E-state index contributed by atoms with van der Waals surface area (Å²) in [6.07, 6.45) is 4.40. The highest BCUT2D eigenvalue weighted by atomic mass is 19.1. The predicted octanol–water partition coefficient (Wildman–Crippen LogP) is 5.69. The molecule has 0 aliphatic carbocycles. The molecule has 1 aromatic carbocycles. The monoisotopic (exact) mass is 531 g/mol. The fourth-order valence-corrected chi connectivity index (χ4v) is 4.78. The molecule has 2 aliphatic heterocycles. The van der Waals surface area contributed by atoms with E-state index >= 15 is 8.78 Å². The van der Waals surface area contributed by atoms with E-state index in [1.165, 1.54) is 14.2 Å². The summed E-state index contributed by atoms with van der Waals surface area (Å²) in [6.45, 7) is 16.2. The molecular formula is C29H39F2N3O4. The van der Waals surface area contributed by atoms with Crippen molar-refractivity contribution in [1.29, 1.82) is 0 Å². The van der Waals surface area contributed by atoms with Gasteiger partial charge in [0.15, 0.2) is 23.1 Å². The lowest BCUT2D eigenvalue weighted by molar-refractivity contribution is 0.0423. The van der Waals surface area contributed by atoms with Gasteiger partial charge in [-0.3, -0.25) is 14.7 Å². The molecule has 1 aromatic rings. The number of urea groups is 1. The number of carbonyl (C=O) groups is 1. The largest absolute Gasteiger partial charge is 0.493 e. The summed E-state index contributed by atoms with van der Waals surface area (Å²) in [6, 6.07) is 0.601. The summed E-state index contributed by atoms with van der Waals surface area (Å²) in [5.74, 6) is -2.36. The van der Waals surface area contributed by atoms with Gasteiger partial charge in [-0.1, -0.05) is 36.8 Å². The second kappa shape index (κ2) is 13.1. The number of carbonyl (C=O) groups excluding carboxylic acids is 1. The van der Waals surface area contributed by atoms with Gasteiger partial charge in [-0.05, 0) is 38.3 Å². The summed E-state index contributed by atoms with van der Waals surface area (Å²) in [5, 5.41) is 0. The predicted molar refractivity (Wildman–Crippen MR) is 146 cm³/mol. The maximum Gasteiger partial charge on any atom is 0.329 e. The van der Waals surface area contributed by atoms with Gasteiger partial charge in [-0.2, -0.15) is 0 Å². The molecule has 208 valence electrons. The van der Waals surface area contributed by atoms with E-state index in [0.717, 1.165) is 47.3 Å². The zero-order valence-electron chi connectivity index (χ0n) is 23.3. The van der Waals surface area contributed by atoms with Gasteiger partial charge in [0, 0.05) is 32.2 Å². The van der Waals surface area contributed by atoms with Crippen LogP contribution in [-0.2, 0) is 4.74 Å². The molecule has 0 bridgehead atoms. The normalized spacial score (nSPS) is 17.2. The van der Waals surface area contributed by atoms with Crippen LogP contribution in [0.15, 0.2) is 52.8 Å². The van der Waals surface area contributed by atoms with Gasteiger partial charge < -0.3 is 14.2 Å². The minimum atomic E-state index is -0.967. The molecule has 2 heterocycles. The van der Waals surface area contributed by atoms with Gasteiger partial charge in [0.2, 0.25) is 0 Å². The van der Waals surface area contributed by atoms with Crippen molar-refractivity contribution in [2.45, 2.75) is 34.1 Å². The van der Waals surface area contributed by atoms with Crippen LogP contribution < -0.4 is 14.4 Å². The third kappa shape index (κ3) is 6.10. The van der Waals surface area contributed by atoms with E-state index in [-0.39, 0.29) is 18.0 Å². The Kier molecular flexibility index (Phi) is 10.1. The molecule has 38 heavy (non-hydrogen) atoms. The quantitative estimate of drug-likeness (QED) is 0.363. The number of anilines is 1. The molecule has 0 radical (unpaired) electrons. The molecule has 2 aliphatic rings. The molecule has 0 unspecified atom stereocenters. The van der Waals surface area contributed by atoms with E-state index in [1.807, 2.05) is 20.8 Å². The molecule has 0 N–H and O–H groups in total. The van der Waals surface area contributed by atoms with Crippen LogP contribution in [0.25, 0.3) is 0 Å². The van der Waals surface area contributed by atoms with Crippen molar-refractivity contribution in [3.8, 4) is 11.5 Å². The van der Waals surface area contributed by atoms with Crippen LogP contribution in [0.5, 0.6) is 11.5 Å². The highest BCUT2D eigenvalue weighted by Crippen LogP contribution is 2.40. The topological polar surface area (TPSA) is 54.5 Å². The van der Waals surface area contributed by atoms with Crippen LogP contribution in [0.3, 0.4) is 0 Å². The van der Waals surface area contributed by atoms with Crippen molar-refractivity contribution in [2.24, 2.45) is 0 Å². The first kappa shape index (κ1) is 29.4. The number of morpholine rings is 1. The molecule has 1 saturated heterocycles. The zero-order valence-corrected chi connectivity index (χ0v) is 23.3. The number of hydrogen-bond donors (Lipinski definition) is 0. The van der Waals surface area contributed by atoms with Gasteiger partial charge in [-0.25, -0.2) is 13.6 Å². The van der Waals surface area contributed by atoms with Crippen LogP contribution in [-0.4, -0.2) is 76.0 Å².